The third kappa shape index (κ3) is 2.79. The Morgan fingerprint density at radius 1 is 1.31 bits per heavy atom. The molecule has 0 aliphatic rings. The normalized spacial score (nSPS) is 9.56. The highest BCUT2D eigenvalue weighted by Gasteiger charge is 2.19. The van der Waals surface area contributed by atoms with E-state index in [2.05, 4.69) is 6.58 Å². The summed E-state index contributed by atoms with van der Waals surface area (Å²) in [6, 6.07) is 8.77. The van der Waals surface area contributed by atoms with Crippen LogP contribution in [0.4, 0.5) is 0 Å². The summed E-state index contributed by atoms with van der Waals surface area (Å²) in [6.07, 6.45) is 1.86. The quantitative estimate of drug-likeness (QED) is 0.725. The molecule has 1 aromatic rings. The van der Waals surface area contributed by atoms with Crippen LogP contribution in [-0.4, -0.2) is 23.3 Å². The molecule has 1 rings (SSSR count). The van der Waals surface area contributed by atoms with E-state index in [9.17, 15) is 9.59 Å². The van der Waals surface area contributed by atoms with Crippen molar-refractivity contribution in [2.24, 2.45) is 0 Å². The summed E-state index contributed by atoms with van der Waals surface area (Å²) >= 11 is 0. The van der Waals surface area contributed by atoms with Gasteiger partial charge in [-0.05, 0) is 12.1 Å². The summed E-state index contributed by atoms with van der Waals surface area (Å²) in [5, 5.41) is 0. The SMILES string of the molecule is C=CCN(C(=O)CC)C(=O)c1ccccc1. The highest BCUT2D eigenvalue weighted by atomic mass is 16.2. The second-order valence-corrected chi connectivity index (χ2v) is 3.32. The molecule has 0 atom stereocenters. The maximum atomic E-state index is 12.0. The van der Waals surface area contributed by atoms with Crippen molar-refractivity contribution in [1.82, 2.24) is 4.90 Å². The molecule has 0 spiro atoms. The minimum Gasteiger partial charge on any atom is -0.275 e. The van der Waals surface area contributed by atoms with Gasteiger partial charge in [-0.1, -0.05) is 31.2 Å². The van der Waals surface area contributed by atoms with Crippen LogP contribution in [0.3, 0.4) is 0 Å². The fraction of sp³-hybridized carbons (Fsp3) is 0.231. The molecule has 0 N–H and O–H groups in total. The lowest BCUT2D eigenvalue weighted by molar-refractivity contribution is -0.127. The molecule has 0 heterocycles. The monoisotopic (exact) mass is 217 g/mol. The van der Waals surface area contributed by atoms with Crippen molar-refractivity contribution in [3.05, 3.63) is 48.6 Å². The van der Waals surface area contributed by atoms with Gasteiger partial charge in [-0.3, -0.25) is 14.5 Å². The summed E-state index contributed by atoms with van der Waals surface area (Å²) in [4.78, 5) is 24.8. The molecule has 0 radical (unpaired) electrons. The van der Waals surface area contributed by atoms with Gasteiger partial charge in [0.1, 0.15) is 0 Å². The molecule has 0 saturated carbocycles. The van der Waals surface area contributed by atoms with E-state index in [1.54, 1.807) is 37.3 Å². The van der Waals surface area contributed by atoms with Gasteiger partial charge >= 0.3 is 0 Å². The van der Waals surface area contributed by atoms with Crippen LogP contribution in [0.1, 0.15) is 23.7 Å². The van der Waals surface area contributed by atoms with E-state index in [0.29, 0.717) is 12.0 Å². The van der Waals surface area contributed by atoms with Crippen LogP contribution in [0.2, 0.25) is 0 Å². The largest absolute Gasteiger partial charge is 0.275 e. The zero-order chi connectivity index (χ0) is 12.0. The molecule has 1 aromatic carbocycles. The van der Waals surface area contributed by atoms with Crippen molar-refractivity contribution in [1.29, 1.82) is 0 Å². The molecule has 0 bridgehead atoms. The van der Waals surface area contributed by atoms with Crippen molar-refractivity contribution in [3.63, 3.8) is 0 Å². The van der Waals surface area contributed by atoms with Gasteiger partial charge in [0.05, 0.1) is 0 Å². The van der Waals surface area contributed by atoms with Crippen LogP contribution in [0, 0.1) is 0 Å². The average molecular weight is 217 g/mol. The number of hydrogen-bond acceptors (Lipinski definition) is 2. The molecule has 0 unspecified atom stereocenters. The van der Waals surface area contributed by atoms with Crippen molar-refractivity contribution in [3.8, 4) is 0 Å². The average Bonchev–Trinajstić information content (AvgIpc) is 2.35. The molecule has 3 heteroatoms. The zero-order valence-electron chi connectivity index (χ0n) is 9.35. The second-order valence-electron chi connectivity index (χ2n) is 3.32. The highest BCUT2D eigenvalue weighted by molar-refractivity contribution is 6.04. The Morgan fingerprint density at radius 3 is 2.44 bits per heavy atom. The number of imide groups is 1. The Hall–Kier alpha value is -1.90. The van der Waals surface area contributed by atoms with E-state index in [-0.39, 0.29) is 18.4 Å². The number of carbonyl (C=O) groups is 2. The minimum atomic E-state index is -0.271. The maximum absolute atomic E-state index is 12.0. The third-order valence-electron chi connectivity index (χ3n) is 2.18. The standard InChI is InChI=1S/C13H15NO2/c1-3-10-14(12(15)4-2)13(16)11-8-6-5-7-9-11/h3,5-9H,1,4,10H2,2H3. The summed E-state index contributed by atoms with van der Waals surface area (Å²) in [5.41, 5.74) is 0.520. The van der Waals surface area contributed by atoms with E-state index in [1.807, 2.05) is 6.07 Å². The first-order chi connectivity index (χ1) is 7.70. The van der Waals surface area contributed by atoms with Gasteiger partial charge in [-0.15, -0.1) is 6.58 Å². The number of benzene rings is 1. The molecule has 16 heavy (non-hydrogen) atoms. The molecular formula is C13H15NO2. The molecule has 2 amide bonds. The smallest absolute Gasteiger partial charge is 0.260 e. The van der Waals surface area contributed by atoms with E-state index in [0.717, 1.165) is 0 Å². The van der Waals surface area contributed by atoms with Gasteiger partial charge in [-0.2, -0.15) is 0 Å². The molecule has 0 aliphatic carbocycles. The van der Waals surface area contributed by atoms with Crippen molar-refractivity contribution >= 4 is 11.8 Å². The summed E-state index contributed by atoms with van der Waals surface area (Å²) in [6.45, 7) is 5.53. The van der Waals surface area contributed by atoms with Crippen LogP contribution >= 0.6 is 0 Å². The first-order valence-corrected chi connectivity index (χ1v) is 5.21. The Morgan fingerprint density at radius 2 is 1.94 bits per heavy atom. The lowest BCUT2D eigenvalue weighted by Crippen LogP contribution is -2.36. The lowest BCUT2D eigenvalue weighted by Gasteiger charge is -2.18. The molecular weight excluding hydrogens is 202 g/mol. The second kappa shape index (κ2) is 5.85. The summed E-state index contributed by atoms with van der Waals surface area (Å²) in [5.74, 6) is -0.457. The van der Waals surface area contributed by atoms with E-state index in [4.69, 9.17) is 0 Å². The van der Waals surface area contributed by atoms with Crippen molar-refractivity contribution in [2.75, 3.05) is 6.54 Å². The molecule has 0 aliphatic heterocycles. The number of amides is 2. The van der Waals surface area contributed by atoms with Gasteiger partial charge in [0.15, 0.2) is 0 Å². The molecule has 0 saturated heterocycles. The van der Waals surface area contributed by atoms with E-state index < -0.39 is 0 Å². The van der Waals surface area contributed by atoms with E-state index >= 15 is 0 Å². The summed E-state index contributed by atoms with van der Waals surface area (Å²) in [7, 11) is 0. The van der Waals surface area contributed by atoms with Gasteiger partial charge in [0.2, 0.25) is 5.91 Å². The van der Waals surface area contributed by atoms with Gasteiger partial charge in [0, 0.05) is 18.5 Å². The number of hydrogen-bond donors (Lipinski definition) is 0. The molecule has 3 nitrogen and oxygen atoms in total. The topological polar surface area (TPSA) is 37.4 Å². The van der Waals surface area contributed by atoms with Gasteiger partial charge in [0.25, 0.3) is 5.91 Å². The van der Waals surface area contributed by atoms with Crippen LogP contribution in [0.15, 0.2) is 43.0 Å². The third-order valence-corrected chi connectivity index (χ3v) is 2.18. The van der Waals surface area contributed by atoms with Gasteiger partial charge < -0.3 is 0 Å². The van der Waals surface area contributed by atoms with Crippen molar-refractivity contribution < 1.29 is 9.59 Å². The molecule has 0 aromatic heterocycles. The molecule has 84 valence electrons. The van der Waals surface area contributed by atoms with E-state index in [1.165, 1.54) is 4.90 Å². The summed E-state index contributed by atoms with van der Waals surface area (Å²) < 4.78 is 0. The predicted molar refractivity (Wildman–Crippen MR) is 63.0 cm³/mol. The van der Waals surface area contributed by atoms with Gasteiger partial charge in [-0.25, -0.2) is 0 Å². The first kappa shape index (κ1) is 12.2. The first-order valence-electron chi connectivity index (χ1n) is 5.21. The highest BCUT2D eigenvalue weighted by Crippen LogP contribution is 2.06. The Labute approximate surface area is 95.4 Å². The Balaban J connectivity index is 2.91. The predicted octanol–water partition coefficient (Wildman–Crippen LogP) is 2.25. The fourth-order valence-electron chi connectivity index (χ4n) is 1.35. The Bertz CT molecular complexity index is 384. The lowest BCUT2D eigenvalue weighted by atomic mass is 10.2. The van der Waals surface area contributed by atoms with Crippen LogP contribution in [0.25, 0.3) is 0 Å². The fourth-order valence-corrected chi connectivity index (χ4v) is 1.35. The van der Waals surface area contributed by atoms with Crippen LogP contribution in [0.5, 0.6) is 0 Å². The minimum absolute atomic E-state index is 0.186. The van der Waals surface area contributed by atoms with Crippen molar-refractivity contribution in [2.45, 2.75) is 13.3 Å². The number of nitrogens with zero attached hydrogens (tertiary/aromatic N) is 1. The van der Waals surface area contributed by atoms with Crippen LogP contribution < -0.4 is 0 Å². The number of rotatable bonds is 4. The zero-order valence-corrected chi connectivity index (χ0v) is 9.35. The Kier molecular flexibility index (Phi) is 4.45. The maximum Gasteiger partial charge on any atom is 0.260 e. The molecule has 0 fully saturated rings. The van der Waals surface area contributed by atoms with Crippen LogP contribution in [-0.2, 0) is 4.79 Å². The number of carbonyl (C=O) groups excluding carboxylic acids is 2.